The second-order valence-electron chi connectivity index (χ2n) is 6.46. The van der Waals surface area contributed by atoms with E-state index in [0.717, 1.165) is 5.75 Å². The Bertz CT molecular complexity index is 872. The van der Waals surface area contributed by atoms with Crippen LogP contribution in [-0.2, 0) is 15.2 Å². The molecule has 0 bridgehead atoms. The van der Waals surface area contributed by atoms with E-state index in [0.29, 0.717) is 23.7 Å². The predicted octanol–water partition coefficient (Wildman–Crippen LogP) is 3.98. The molecule has 0 aliphatic carbocycles. The summed E-state index contributed by atoms with van der Waals surface area (Å²) in [5.74, 6) is -0.177. The molecule has 3 rings (SSSR count). The van der Waals surface area contributed by atoms with Crippen LogP contribution in [0, 0.1) is 0 Å². The number of Topliss-reactive ketones (excluding diaryl/α,β-unsaturated/α-hetero) is 1. The monoisotopic (exact) mass is 407 g/mol. The van der Waals surface area contributed by atoms with Crippen molar-refractivity contribution in [2.24, 2.45) is 0 Å². The number of para-hydroxylation sites is 1. The zero-order chi connectivity index (χ0) is 19.6. The van der Waals surface area contributed by atoms with Crippen LogP contribution in [0.2, 0.25) is 10.0 Å². The summed E-state index contributed by atoms with van der Waals surface area (Å²) in [4.78, 5) is 26.0. The van der Waals surface area contributed by atoms with Gasteiger partial charge in [-0.25, -0.2) is 0 Å². The molecule has 1 amide bonds. The zero-order valence-corrected chi connectivity index (χ0v) is 16.3. The molecule has 27 heavy (non-hydrogen) atoms. The van der Waals surface area contributed by atoms with Crippen molar-refractivity contribution in [1.82, 2.24) is 0 Å². The smallest absolute Gasteiger partial charge is 0.264 e. The van der Waals surface area contributed by atoms with Crippen molar-refractivity contribution in [3.8, 4) is 5.75 Å². The topological polar surface area (TPSA) is 66.8 Å². The van der Waals surface area contributed by atoms with Crippen molar-refractivity contribution < 1.29 is 19.4 Å². The zero-order valence-electron chi connectivity index (χ0n) is 14.7. The highest BCUT2D eigenvalue weighted by Gasteiger charge is 2.52. The molecule has 1 aliphatic heterocycles. The second kappa shape index (κ2) is 7.89. The molecule has 0 saturated heterocycles. The Morgan fingerprint density at radius 3 is 2.48 bits per heavy atom. The van der Waals surface area contributed by atoms with Crippen LogP contribution in [0.4, 0.5) is 5.69 Å². The molecule has 0 aromatic heterocycles. The molecule has 1 heterocycles. The fraction of sp³-hybridized carbons (Fsp3) is 0.300. The Hall–Kier alpha value is -2.08. The van der Waals surface area contributed by atoms with Crippen LogP contribution in [-0.4, -0.2) is 29.9 Å². The van der Waals surface area contributed by atoms with Gasteiger partial charge in [0.1, 0.15) is 11.5 Å². The van der Waals surface area contributed by atoms with Gasteiger partial charge in [0.2, 0.25) is 0 Å². The van der Waals surface area contributed by atoms with Crippen molar-refractivity contribution in [2.45, 2.75) is 25.4 Å². The number of anilines is 1. The second-order valence-corrected chi connectivity index (χ2v) is 7.28. The molecular formula is C20H19Cl2NO4. The average molecular weight is 408 g/mol. The molecule has 0 saturated carbocycles. The number of carbonyl (C=O) groups is 2. The molecule has 0 spiro atoms. The Kier molecular flexibility index (Phi) is 5.75. The van der Waals surface area contributed by atoms with Gasteiger partial charge < -0.3 is 14.7 Å². The van der Waals surface area contributed by atoms with Gasteiger partial charge >= 0.3 is 0 Å². The van der Waals surface area contributed by atoms with Crippen molar-refractivity contribution in [3.05, 3.63) is 58.1 Å². The summed E-state index contributed by atoms with van der Waals surface area (Å²) in [6, 6.07) is 12.4. The minimum Gasteiger partial charge on any atom is -0.494 e. The summed E-state index contributed by atoms with van der Waals surface area (Å²) in [7, 11) is 0. The number of ether oxygens (including phenoxy) is 1. The van der Waals surface area contributed by atoms with E-state index in [1.54, 1.807) is 6.07 Å². The van der Waals surface area contributed by atoms with Gasteiger partial charge in [-0.1, -0.05) is 41.4 Å². The summed E-state index contributed by atoms with van der Waals surface area (Å²) >= 11 is 12.5. The molecule has 2 aromatic rings. The quantitative estimate of drug-likeness (QED) is 0.704. The fourth-order valence-corrected chi connectivity index (χ4v) is 3.87. The van der Waals surface area contributed by atoms with Gasteiger partial charge in [0.15, 0.2) is 5.60 Å². The van der Waals surface area contributed by atoms with E-state index in [9.17, 15) is 14.7 Å². The Balaban J connectivity index is 1.81. The molecule has 1 atom stereocenters. The minimum atomic E-state index is -2.00. The molecule has 1 aliphatic rings. The SMILES string of the molecule is CC(=O)C[C@@]1(O)C(=O)N(CCCOc2ccccc2)c2c(Cl)ccc(Cl)c21. The van der Waals surface area contributed by atoms with Crippen LogP contribution in [0.25, 0.3) is 0 Å². The third kappa shape index (κ3) is 3.81. The number of ketones is 1. The van der Waals surface area contributed by atoms with E-state index in [1.165, 1.54) is 17.9 Å². The Labute approximate surface area is 167 Å². The first kappa shape index (κ1) is 19.7. The predicted molar refractivity (Wildman–Crippen MR) is 105 cm³/mol. The standard InChI is InChI=1S/C20H19Cl2NO4/c1-13(24)12-20(26)17-15(21)8-9-16(22)18(17)23(19(20)25)10-5-11-27-14-6-3-2-4-7-14/h2-4,6-9,26H,5,10-12H2,1H3/t20-/m0/s1. The number of nitrogens with zero attached hydrogens (tertiary/aromatic N) is 1. The molecular weight excluding hydrogens is 389 g/mol. The lowest BCUT2D eigenvalue weighted by atomic mass is 9.90. The lowest BCUT2D eigenvalue weighted by Crippen LogP contribution is -2.42. The van der Waals surface area contributed by atoms with E-state index < -0.39 is 11.5 Å². The molecule has 1 N–H and O–H groups in total. The third-order valence-corrected chi connectivity index (χ3v) is 5.02. The van der Waals surface area contributed by atoms with Crippen molar-refractivity contribution in [2.75, 3.05) is 18.1 Å². The molecule has 7 heteroatoms. The van der Waals surface area contributed by atoms with Crippen LogP contribution in [0.15, 0.2) is 42.5 Å². The normalized spacial score (nSPS) is 18.5. The maximum atomic E-state index is 13.0. The largest absolute Gasteiger partial charge is 0.494 e. The van der Waals surface area contributed by atoms with E-state index in [2.05, 4.69) is 0 Å². The van der Waals surface area contributed by atoms with E-state index in [-0.39, 0.29) is 29.3 Å². The third-order valence-electron chi connectivity index (χ3n) is 4.40. The highest BCUT2D eigenvalue weighted by atomic mass is 35.5. The highest BCUT2D eigenvalue weighted by Crippen LogP contribution is 2.49. The van der Waals surface area contributed by atoms with Gasteiger partial charge in [0.25, 0.3) is 5.91 Å². The van der Waals surface area contributed by atoms with Gasteiger partial charge in [-0.05, 0) is 37.6 Å². The number of hydrogen-bond donors (Lipinski definition) is 1. The number of halogens is 2. The first-order chi connectivity index (χ1) is 12.8. The number of hydrogen-bond acceptors (Lipinski definition) is 4. The lowest BCUT2D eigenvalue weighted by molar-refractivity contribution is -0.141. The number of aliphatic hydroxyl groups is 1. The first-order valence-corrected chi connectivity index (χ1v) is 9.30. The van der Waals surface area contributed by atoms with Crippen molar-refractivity contribution in [3.63, 3.8) is 0 Å². The summed E-state index contributed by atoms with van der Waals surface area (Å²) < 4.78 is 5.65. The van der Waals surface area contributed by atoms with Gasteiger partial charge in [-0.15, -0.1) is 0 Å². The molecule has 2 aromatic carbocycles. The summed E-state index contributed by atoms with van der Waals surface area (Å²) in [6.07, 6.45) is 0.162. The number of rotatable bonds is 7. The van der Waals surface area contributed by atoms with Crippen LogP contribution >= 0.6 is 23.2 Å². The number of amides is 1. The number of benzene rings is 2. The van der Waals surface area contributed by atoms with Gasteiger partial charge in [-0.2, -0.15) is 0 Å². The Morgan fingerprint density at radius 2 is 1.81 bits per heavy atom. The van der Waals surface area contributed by atoms with Gasteiger partial charge in [0, 0.05) is 23.6 Å². The van der Waals surface area contributed by atoms with Crippen LogP contribution in [0.3, 0.4) is 0 Å². The minimum absolute atomic E-state index is 0.195. The molecule has 142 valence electrons. The molecule has 0 radical (unpaired) electrons. The first-order valence-electron chi connectivity index (χ1n) is 8.54. The number of fused-ring (bicyclic) bond motifs is 1. The summed E-state index contributed by atoms with van der Waals surface area (Å²) in [5.41, 5.74) is -1.44. The fourth-order valence-electron chi connectivity index (χ4n) is 3.30. The number of carbonyl (C=O) groups excluding carboxylic acids is 2. The Morgan fingerprint density at radius 1 is 1.15 bits per heavy atom. The van der Waals surface area contributed by atoms with E-state index >= 15 is 0 Å². The van der Waals surface area contributed by atoms with Gasteiger partial charge in [-0.3, -0.25) is 9.59 Å². The summed E-state index contributed by atoms with van der Waals surface area (Å²) in [5, 5.41) is 11.5. The van der Waals surface area contributed by atoms with Crippen molar-refractivity contribution >= 4 is 40.6 Å². The molecule has 0 fully saturated rings. The highest BCUT2D eigenvalue weighted by molar-refractivity contribution is 6.38. The van der Waals surface area contributed by atoms with E-state index in [4.69, 9.17) is 27.9 Å². The van der Waals surface area contributed by atoms with Crippen LogP contribution in [0.1, 0.15) is 25.3 Å². The summed E-state index contributed by atoms with van der Waals surface area (Å²) in [6.45, 7) is 1.98. The van der Waals surface area contributed by atoms with Crippen LogP contribution in [0.5, 0.6) is 5.75 Å². The van der Waals surface area contributed by atoms with Crippen LogP contribution < -0.4 is 9.64 Å². The van der Waals surface area contributed by atoms with Crippen molar-refractivity contribution in [1.29, 1.82) is 0 Å². The average Bonchev–Trinajstić information content (AvgIpc) is 2.84. The maximum Gasteiger partial charge on any atom is 0.264 e. The van der Waals surface area contributed by atoms with E-state index in [1.807, 2.05) is 30.3 Å². The molecule has 0 unspecified atom stereocenters. The maximum absolute atomic E-state index is 13.0. The molecule has 5 nitrogen and oxygen atoms in total. The van der Waals surface area contributed by atoms with Gasteiger partial charge in [0.05, 0.1) is 17.3 Å². The lowest BCUT2D eigenvalue weighted by Gasteiger charge is -2.22.